The van der Waals surface area contributed by atoms with E-state index in [0.29, 0.717) is 12.8 Å². The molecule has 1 aromatic carbocycles. The minimum absolute atomic E-state index is 0.123. The summed E-state index contributed by atoms with van der Waals surface area (Å²) in [5.41, 5.74) is 1.16. The third-order valence-corrected chi connectivity index (χ3v) is 2.71. The van der Waals surface area contributed by atoms with Gasteiger partial charge in [-0.2, -0.15) is 0 Å². The van der Waals surface area contributed by atoms with Crippen molar-refractivity contribution >= 4 is 11.9 Å². The Hall–Kier alpha value is -1.88. The van der Waals surface area contributed by atoms with Crippen LogP contribution in [0.2, 0.25) is 0 Å². The summed E-state index contributed by atoms with van der Waals surface area (Å²) in [6.45, 7) is -0.123. The zero-order valence-electron chi connectivity index (χ0n) is 11.0. The fourth-order valence-corrected chi connectivity index (χ4v) is 1.78. The lowest BCUT2D eigenvalue weighted by molar-refractivity contribution is -0.142. The quantitative estimate of drug-likeness (QED) is 0.741. The van der Waals surface area contributed by atoms with E-state index in [9.17, 15) is 9.59 Å². The second-order valence-electron chi connectivity index (χ2n) is 4.27. The van der Waals surface area contributed by atoms with Crippen LogP contribution in [-0.2, 0) is 20.7 Å². The number of ether oxygens (including phenoxy) is 1. The van der Waals surface area contributed by atoms with Gasteiger partial charge in [0.15, 0.2) is 0 Å². The highest BCUT2D eigenvalue weighted by atomic mass is 16.5. The Morgan fingerprint density at radius 1 is 1.32 bits per heavy atom. The number of carbonyl (C=O) groups excluding carboxylic acids is 1. The van der Waals surface area contributed by atoms with Crippen LogP contribution in [0.4, 0.5) is 0 Å². The number of aliphatic carboxylic acids is 1. The van der Waals surface area contributed by atoms with Gasteiger partial charge in [0.05, 0.1) is 0 Å². The van der Waals surface area contributed by atoms with Crippen LogP contribution in [0, 0.1) is 0 Å². The molecule has 19 heavy (non-hydrogen) atoms. The van der Waals surface area contributed by atoms with Gasteiger partial charge in [0.25, 0.3) is 0 Å². The standard InChI is InChI=1S/C14H19NO4/c1-19-10-13(16)15-12(14(17)18)9-5-8-11-6-3-2-4-7-11/h2-4,6-7,12H,5,8-10H2,1H3,(H,15,16)(H,17,18)/t12-/m1/s1. The van der Waals surface area contributed by atoms with E-state index in [0.717, 1.165) is 12.0 Å². The molecule has 0 saturated heterocycles. The highest BCUT2D eigenvalue weighted by Gasteiger charge is 2.19. The van der Waals surface area contributed by atoms with Gasteiger partial charge in [-0.1, -0.05) is 30.3 Å². The van der Waals surface area contributed by atoms with E-state index < -0.39 is 17.9 Å². The molecule has 0 heterocycles. The lowest BCUT2D eigenvalue weighted by Gasteiger charge is -2.14. The van der Waals surface area contributed by atoms with E-state index >= 15 is 0 Å². The summed E-state index contributed by atoms with van der Waals surface area (Å²) in [6, 6.07) is 8.98. The Morgan fingerprint density at radius 3 is 2.58 bits per heavy atom. The zero-order chi connectivity index (χ0) is 14.1. The van der Waals surface area contributed by atoms with E-state index in [1.54, 1.807) is 0 Å². The number of carboxylic acid groups (broad SMARTS) is 1. The van der Waals surface area contributed by atoms with Gasteiger partial charge in [-0.15, -0.1) is 0 Å². The molecule has 0 unspecified atom stereocenters. The molecule has 1 atom stereocenters. The second-order valence-corrected chi connectivity index (χ2v) is 4.27. The highest BCUT2D eigenvalue weighted by molar-refractivity contribution is 5.84. The molecule has 1 aromatic rings. The van der Waals surface area contributed by atoms with E-state index in [1.807, 2.05) is 30.3 Å². The van der Waals surface area contributed by atoms with Gasteiger partial charge in [-0.3, -0.25) is 4.79 Å². The van der Waals surface area contributed by atoms with Crippen molar-refractivity contribution < 1.29 is 19.4 Å². The number of benzene rings is 1. The van der Waals surface area contributed by atoms with Crippen LogP contribution >= 0.6 is 0 Å². The van der Waals surface area contributed by atoms with Gasteiger partial charge in [-0.05, 0) is 24.8 Å². The fourth-order valence-electron chi connectivity index (χ4n) is 1.78. The van der Waals surface area contributed by atoms with Crippen molar-refractivity contribution in [3.05, 3.63) is 35.9 Å². The Labute approximate surface area is 112 Å². The van der Waals surface area contributed by atoms with Crippen molar-refractivity contribution in [2.24, 2.45) is 0 Å². The Kier molecular flexibility index (Phi) is 6.60. The summed E-state index contributed by atoms with van der Waals surface area (Å²) in [7, 11) is 1.39. The van der Waals surface area contributed by atoms with Crippen molar-refractivity contribution in [3.8, 4) is 0 Å². The summed E-state index contributed by atoms with van der Waals surface area (Å²) in [4.78, 5) is 22.3. The SMILES string of the molecule is COCC(=O)N[C@H](CCCc1ccccc1)C(=O)O. The number of hydrogen-bond donors (Lipinski definition) is 2. The molecule has 1 amide bonds. The largest absolute Gasteiger partial charge is 0.480 e. The molecule has 0 aliphatic heterocycles. The van der Waals surface area contributed by atoms with Crippen molar-refractivity contribution in [1.82, 2.24) is 5.32 Å². The van der Waals surface area contributed by atoms with E-state index in [-0.39, 0.29) is 6.61 Å². The first-order valence-electron chi connectivity index (χ1n) is 6.18. The van der Waals surface area contributed by atoms with Crippen LogP contribution in [0.5, 0.6) is 0 Å². The van der Waals surface area contributed by atoms with Crippen LogP contribution in [0.15, 0.2) is 30.3 Å². The third-order valence-electron chi connectivity index (χ3n) is 2.71. The minimum atomic E-state index is -1.02. The molecule has 0 radical (unpaired) electrons. The molecule has 5 heteroatoms. The number of amides is 1. The number of carboxylic acids is 1. The molecular weight excluding hydrogens is 246 g/mol. The minimum Gasteiger partial charge on any atom is -0.480 e. The van der Waals surface area contributed by atoms with Gasteiger partial charge in [0.2, 0.25) is 5.91 Å². The van der Waals surface area contributed by atoms with E-state index in [1.165, 1.54) is 7.11 Å². The van der Waals surface area contributed by atoms with Crippen molar-refractivity contribution in [3.63, 3.8) is 0 Å². The van der Waals surface area contributed by atoms with E-state index in [2.05, 4.69) is 10.1 Å². The summed E-state index contributed by atoms with van der Waals surface area (Å²) in [5.74, 6) is -1.42. The zero-order valence-corrected chi connectivity index (χ0v) is 11.0. The van der Waals surface area contributed by atoms with Crippen LogP contribution in [-0.4, -0.2) is 36.7 Å². The fraction of sp³-hybridized carbons (Fsp3) is 0.429. The highest BCUT2D eigenvalue weighted by Crippen LogP contribution is 2.07. The van der Waals surface area contributed by atoms with Crippen molar-refractivity contribution in [2.45, 2.75) is 25.3 Å². The first-order valence-corrected chi connectivity index (χ1v) is 6.18. The maximum Gasteiger partial charge on any atom is 0.326 e. The lowest BCUT2D eigenvalue weighted by atomic mass is 10.0. The predicted molar refractivity (Wildman–Crippen MR) is 70.8 cm³/mol. The predicted octanol–water partition coefficient (Wildman–Crippen LogP) is 1.23. The van der Waals surface area contributed by atoms with Gasteiger partial charge >= 0.3 is 5.97 Å². The van der Waals surface area contributed by atoms with Gasteiger partial charge in [0.1, 0.15) is 12.6 Å². The van der Waals surface area contributed by atoms with Crippen LogP contribution in [0.25, 0.3) is 0 Å². The summed E-state index contributed by atoms with van der Waals surface area (Å²) in [5, 5.41) is 11.5. The average Bonchev–Trinajstić information content (AvgIpc) is 2.39. The topological polar surface area (TPSA) is 75.6 Å². The number of carbonyl (C=O) groups is 2. The number of aryl methyl sites for hydroxylation is 1. The normalized spacial score (nSPS) is 11.8. The second kappa shape index (κ2) is 8.26. The molecule has 104 valence electrons. The maximum atomic E-state index is 11.3. The number of methoxy groups -OCH3 is 1. The molecule has 0 saturated carbocycles. The first-order chi connectivity index (χ1) is 9.13. The number of nitrogens with one attached hydrogen (secondary N) is 1. The molecule has 1 rings (SSSR count). The van der Waals surface area contributed by atoms with Gasteiger partial charge in [-0.25, -0.2) is 4.79 Å². The molecule has 0 aliphatic rings. The Morgan fingerprint density at radius 2 is 2.00 bits per heavy atom. The molecule has 0 fully saturated rings. The van der Waals surface area contributed by atoms with Crippen molar-refractivity contribution in [2.75, 3.05) is 13.7 Å². The molecule has 0 spiro atoms. The first kappa shape index (κ1) is 15.2. The molecule has 2 N–H and O–H groups in total. The van der Waals surface area contributed by atoms with E-state index in [4.69, 9.17) is 5.11 Å². The number of rotatable bonds is 8. The monoisotopic (exact) mass is 265 g/mol. The summed E-state index contributed by atoms with van der Waals surface area (Å²) < 4.78 is 4.65. The molecule has 5 nitrogen and oxygen atoms in total. The summed E-state index contributed by atoms with van der Waals surface area (Å²) >= 11 is 0. The van der Waals surface area contributed by atoms with Crippen LogP contribution in [0.1, 0.15) is 18.4 Å². The Bertz CT molecular complexity index is 405. The van der Waals surface area contributed by atoms with Gasteiger partial charge < -0.3 is 15.2 Å². The third kappa shape index (κ3) is 6.01. The molecule has 0 aromatic heterocycles. The smallest absolute Gasteiger partial charge is 0.326 e. The summed E-state index contributed by atoms with van der Waals surface area (Å²) in [6.07, 6.45) is 1.90. The maximum absolute atomic E-state index is 11.3. The van der Waals surface area contributed by atoms with Crippen LogP contribution < -0.4 is 5.32 Å². The van der Waals surface area contributed by atoms with Crippen molar-refractivity contribution in [1.29, 1.82) is 0 Å². The van der Waals surface area contributed by atoms with Gasteiger partial charge in [0, 0.05) is 7.11 Å². The Balaban J connectivity index is 2.38. The molecule has 0 bridgehead atoms. The van der Waals surface area contributed by atoms with Crippen LogP contribution in [0.3, 0.4) is 0 Å². The molecular formula is C14H19NO4. The number of hydrogen-bond acceptors (Lipinski definition) is 3. The lowest BCUT2D eigenvalue weighted by Crippen LogP contribution is -2.42. The average molecular weight is 265 g/mol. The molecule has 0 aliphatic carbocycles.